The Kier molecular flexibility index (Phi) is 6.85. The van der Waals surface area contributed by atoms with E-state index in [-0.39, 0.29) is 0 Å². The molecule has 2 aromatic rings. The fourth-order valence-corrected chi connectivity index (χ4v) is 4.37. The molecule has 4 heterocycles. The van der Waals surface area contributed by atoms with Gasteiger partial charge >= 0.3 is 12.1 Å². The highest BCUT2D eigenvalue weighted by Gasteiger charge is 2.38. The van der Waals surface area contributed by atoms with Crippen LogP contribution in [0.3, 0.4) is 0 Å². The van der Waals surface area contributed by atoms with E-state index in [1.165, 1.54) is 44.3 Å². The van der Waals surface area contributed by atoms with Gasteiger partial charge in [0, 0.05) is 31.6 Å². The summed E-state index contributed by atoms with van der Waals surface area (Å²) in [6.45, 7) is 5.91. The number of halogens is 3. The molecule has 5 rings (SSSR count). The van der Waals surface area contributed by atoms with Gasteiger partial charge in [0.2, 0.25) is 0 Å². The van der Waals surface area contributed by atoms with Crippen molar-refractivity contribution < 1.29 is 27.8 Å². The highest BCUT2D eigenvalue weighted by molar-refractivity contribution is 5.73. The lowest BCUT2D eigenvalue weighted by molar-refractivity contribution is -0.192. The molecule has 8 nitrogen and oxygen atoms in total. The topological polar surface area (TPSA) is 83.2 Å². The second-order valence-corrected chi connectivity index (χ2v) is 8.48. The van der Waals surface area contributed by atoms with Crippen LogP contribution in [-0.4, -0.2) is 82.2 Å². The van der Waals surface area contributed by atoms with Crippen molar-refractivity contribution in [2.45, 2.75) is 50.2 Å². The molecule has 1 saturated carbocycles. The van der Waals surface area contributed by atoms with Crippen LogP contribution in [0.5, 0.6) is 0 Å². The molecule has 0 amide bonds. The Balaban J connectivity index is 0.000000307. The second kappa shape index (κ2) is 9.62. The molecule has 2 saturated heterocycles. The van der Waals surface area contributed by atoms with E-state index in [1.807, 2.05) is 4.52 Å². The lowest BCUT2D eigenvalue weighted by Gasteiger charge is -2.41. The molecule has 0 bridgehead atoms. The maximum atomic E-state index is 10.6. The summed E-state index contributed by atoms with van der Waals surface area (Å²) < 4.78 is 39.2. The second-order valence-electron chi connectivity index (χ2n) is 8.48. The lowest BCUT2D eigenvalue weighted by atomic mass is 9.87. The number of fused-ring (bicyclic) bond motifs is 1. The molecule has 2 aromatic heterocycles. The number of pyridine rings is 1. The smallest absolute Gasteiger partial charge is 0.475 e. The van der Waals surface area contributed by atoms with Gasteiger partial charge in [-0.15, -0.1) is 0 Å². The molecular formula is C21H28F3N5O3. The summed E-state index contributed by atoms with van der Waals surface area (Å²) in [5.74, 6) is -1.24. The Hall–Kier alpha value is -2.40. The zero-order valence-corrected chi connectivity index (χ0v) is 17.8. The lowest BCUT2D eigenvalue weighted by Crippen LogP contribution is -2.45. The predicted molar refractivity (Wildman–Crippen MR) is 111 cm³/mol. The van der Waals surface area contributed by atoms with Crippen molar-refractivity contribution in [1.29, 1.82) is 0 Å². The molecule has 1 aliphatic carbocycles. The zero-order valence-electron chi connectivity index (χ0n) is 17.8. The number of rotatable bonds is 3. The van der Waals surface area contributed by atoms with Crippen LogP contribution >= 0.6 is 0 Å². The van der Waals surface area contributed by atoms with E-state index in [0.29, 0.717) is 5.92 Å². The van der Waals surface area contributed by atoms with Crippen molar-refractivity contribution in [2.24, 2.45) is 0 Å². The van der Waals surface area contributed by atoms with Gasteiger partial charge in [-0.25, -0.2) is 14.3 Å². The van der Waals surface area contributed by atoms with Gasteiger partial charge in [0.15, 0.2) is 11.5 Å². The Labute approximate surface area is 184 Å². The van der Waals surface area contributed by atoms with E-state index in [0.717, 1.165) is 50.4 Å². The standard InChI is InChI=1S/C19H27N5O.C2HF3O2/c1-4-16(5-1)23-8-2-3-15(13-23)19-20-18-7-6-17(14-24(18)21-19)22-9-11-25-12-10-22;3-2(4,5)1(6)7/h6-7,14-16H,1-5,8-13H2;(H,6,7). The van der Waals surface area contributed by atoms with Crippen LogP contribution in [0.4, 0.5) is 18.9 Å². The molecule has 176 valence electrons. The molecule has 11 heteroatoms. The van der Waals surface area contributed by atoms with Gasteiger partial charge in [-0.3, -0.25) is 4.90 Å². The van der Waals surface area contributed by atoms with Crippen LogP contribution in [0.25, 0.3) is 5.65 Å². The van der Waals surface area contributed by atoms with Gasteiger partial charge in [-0.05, 0) is 44.4 Å². The first-order chi connectivity index (χ1) is 15.3. The number of hydrogen-bond acceptors (Lipinski definition) is 6. The molecule has 1 unspecified atom stereocenters. The normalized spacial score (nSPS) is 22.8. The monoisotopic (exact) mass is 455 g/mol. The number of carboxylic acid groups (broad SMARTS) is 1. The van der Waals surface area contributed by atoms with Crippen molar-refractivity contribution in [3.63, 3.8) is 0 Å². The summed E-state index contributed by atoms with van der Waals surface area (Å²) in [7, 11) is 0. The van der Waals surface area contributed by atoms with Crippen LogP contribution in [0.2, 0.25) is 0 Å². The van der Waals surface area contributed by atoms with Crippen LogP contribution in [0, 0.1) is 0 Å². The molecule has 1 N–H and O–H groups in total. The van der Waals surface area contributed by atoms with Gasteiger partial charge < -0.3 is 14.7 Å². The molecule has 0 aromatic carbocycles. The summed E-state index contributed by atoms with van der Waals surface area (Å²) in [6.07, 6.45) is 3.71. The SMILES string of the molecule is O=C(O)C(F)(F)F.c1cc2nc(C3CCCN(C4CCC4)C3)nn2cc1N1CCOCC1. The van der Waals surface area contributed by atoms with E-state index < -0.39 is 12.1 Å². The molecule has 3 aliphatic rings. The quantitative estimate of drug-likeness (QED) is 0.762. The Morgan fingerprint density at radius 3 is 2.44 bits per heavy atom. The van der Waals surface area contributed by atoms with Crippen LogP contribution in [0.15, 0.2) is 18.3 Å². The third kappa shape index (κ3) is 5.32. The van der Waals surface area contributed by atoms with Gasteiger partial charge in [-0.2, -0.15) is 18.3 Å². The number of alkyl halides is 3. The van der Waals surface area contributed by atoms with Crippen molar-refractivity contribution in [3.05, 3.63) is 24.2 Å². The number of carboxylic acids is 1. The van der Waals surface area contributed by atoms with Crippen molar-refractivity contribution in [3.8, 4) is 0 Å². The summed E-state index contributed by atoms with van der Waals surface area (Å²) >= 11 is 0. The third-order valence-electron chi connectivity index (χ3n) is 6.36. The highest BCUT2D eigenvalue weighted by atomic mass is 19.4. The minimum Gasteiger partial charge on any atom is -0.475 e. The Morgan fingerprint density at radius 2 is 1.81 bits per heavy atom. The van der Waals surface area contributed by atoms with Crippen molar-refractivity contribution in [2.75, 3.05) is 44.3 Å². The number of likely N-dealkylation sites (tertiary alicyclic amines) is 1. The summed E-state index contributed by atoms with van der Waals surface area (Å²) in [5.41, 5.74) is 2.18. The third-order valence-corrected chi connectivity index (χ3v) is 6.36. The molecule has 2 aliphatic heterocycles. The summed E-state index contributed by atoms with van der Waals surface area (Å²) in [4.78, 5) is 18.8. The van der Waals surface area contributed by atoms with E-state index in [1.54, 1.807) is 0 Å². The predicted octanol–water partition coefficient (Wildman–Crippen LogP) is 2.93. The Morgan fingerprint density at radius 1 is 1.09 bits per heavy atom. The largest absolute Gasteiger partial charge is 0.490 e. The average molecular weight is 455 g/mol. The average Bonchev–Trinajstić information content (AvgIpc) is 3.17. The number of aliphatic carboxylic acids is 1. The van der Waals surface area contributed by atoms with Gasteiger partial charge in [0.25, 0.3) is 0 Å². The fraction of sp³-hybridized carbons (Fsp3) is 0.667. The number of carbonyl (C=O) groups is 1. The number of anilines is 1. The van der Waals surface area contributed by atoms with Gasteiger partial charge in [0.05, 0.1) is 25.1 Å². The van der Waals surface area contributed by atoms with Gasteiger partial charge in [-0.1, -0.05) is 6.42 Å². The van der Waals surface area contributed by atoms with Crippen LogP contribution < -0.4 is 4.90 Å². The zero-order chi connectivity index (χ0) is 22.7. The fourth-order valence-electron chi connectivity index (χ4n) is 4.37. The molecule has 0 radical (unpaired) electrons. The first-order valence-corrected chi connectivity index (χ1v) is 11.0. The minimum absolute atomic E-state index is 0.487. The highest BCUT2D eigenvalue weighted by Crippen LogP contribution is 2.32. The van der Waals surface area contributed by atoms with E-state index in [9.17, 15) is 13.2 Å². The first-order valence-electron chi connectivity index (χ1n) is 11.0. The number of ether oxygens (including phenoxy) is 1. The van der Waals surface area contributed by atoms with Crippen LogP contribution in [-0.2, 0) is 9.53 Å². The number of nitrogens with zero attached hydrogens (tertiary/aromatic N) is 5. The van der Waals surface area contributed by atoms with Crippen LogP contribution in [0.1, 0.15) is 43.8 Å². The molecule has 3 fully saturated rings. The number of hydrogen-bond donors (Lipinski definition) is 1. The molecule has 0 spiro atoms. The Bertz CT molecular complexity index is 925. The maximum absolute atomic E-state index is 10.6. The van der Waals surface area contributed by atoms with E-state index in [2.05, 4.69) is 28.1 Å². The molecule has 1 atom stereocenters. The maximum Gasteiger partial charge on any atom is 0.490 e. The molecular weight excluding hydrogens is 427 g/mol. The van der Waals surface area contributed by atoms with Gasteiger partial charge in [0.1, 0.15) is 0 Å². The summed E-state index contributed by atoms with van der Waals surface area (Å²) in [6, 6.07) is 5.10. The number of piperidine rings is 1. The number of aromatic nitrogens is 3. The summed E-state index contributed by atoms with van der Waals surface area (Å²) in [5, 5.41) is 12.0. The van der Waals surface area contributed by atoms with E-state index >= 15 is 0 Å². The minimum atomic E-state index is -5.08. The number of morpholine rings is 1. The van der Waals surface area contributed by atoms with Crippen molar-refractivity contribution >= 4 is 17.3 Å². The van der Waals surface area contributed by atoms with E-state index in [4.69, 9.17) is 24.7 Å². The first kappa shape index (κ1) is 22.8. The molecule has 32 heavy (non-hydrogen) atoms. The van der Waals surface area contributed by atoms with Crippen molar-refractivity contribution in [1.82, 2.24) is 19.5 Å².